The smallest absolute Gasteiger partial charge is 0.349 e. The summed E-state index contributed by atoms with van der Waals surface area (Å²) in [6.07, 6.45) is 3.39. The molecule has 194 valence electrons. The average Bonchev–Trinajstić information content (AvgIpc) is 2.88. The van der Waals surface area contributed by atoms with E-state index in [1.54, 1.807) is 55.5 Å². The van der Waals surface area contributed by atoms with Crippen molar-refractivity contribution in [3.63, 3.8) is 0 Å². The number of benzene rings is 3. The Balaban J connectivity index is 1.62. The number of nitrogens with one attached hydrogen (secondary N) is 2. The topological polar surface area (TPSA) is 115 Å². The number of amides is 1. The minimum absolute atomic E-state index is 0.306. The number of aromatic nitrogens is 2. The number of hydrogen-bond acceptors (Lipinski definition) is 6. The van der Waals surface area contributed by atoms with Crippen molar-refractivity contribution in [3.05, 3.63) is 111 Å². The Morgan fingerprint density at radius 2 is 1.95 bits per heavy atom. The van der Waals surface area contributed by atoms with E-state index in [0.717, 1.165) is 4.68 Å². The van der Waals surface area contributed by atoms with Crippen LogP contribution in [0.25, 0.3) is 10.9 Å². The van der Waals surface area contributed by atoms with E-state index in [4.69, 9.17) is 9.47 Å². The van der Waals surface area contributed by atoms with Crippen molar-refractivity contribution in [1.29, 1.82) is 0 Å². The maximum Gasteiger partial charge on any atom is 0.349 e. The lowest BCUT2D eigenvalue weighted by molar-refractivity contribution is -0.118. The Hall–Kier alpha value is -4.99. The van der Waals surface area contributed by atoms with Gasteiger partial charge in [-0.15, -0.1) is 11.3 Å². The number of allylic oxidation sites excluding steroid dienone is 1. The van der Waals surface area contributed by atoms with Crippen LogP contribution in [0.2, 0.25) is 0 Å². The summed E-state index contributed by atoms with van der Waals surface area (Å²) >= 11 is 0. The van der Waals surface area contributed by atoms with E-state index in [1.807, 2.05) is 0 Å². The SMILES string of the molecule is C=CCc1cc(C=Nn2c(=O)[nH]c3ccccc3c2=O)cc(OCC)c1OCC(=O)Nc1cccc(F)c1. The number of hydrogen-bond donors (Lipinski definition) is 2. The van der Waals surface area contributed by atoms with Crippen molar-refractivity contribution in [2.75, 3.05) is 18.5 Å². The summed E-state index contributed by atoms with van der Waals surface area (Å²) in [5.41, 5.74) is 0.669. The Morgan fingerprint density at radius 1 is 1.13 bits per heavy atom. The normalized spacial score (nSPS) is 11.0. The lowest BCUT2D eigenvalue weighted by atomic mass is 10.1. The molecule has 0 aliphatic carbocycles. The predicted molar refractivity (Wildman–Crippen MR) is 144 cm³/mol. The van der Waals surface area contributed by atoms with E-state index in [1.165, 1.54) is 24.4 Å². The molecule has 1 amide bonds. The zero-order valence-corrected chi connectivity index (χ0v) is 20.6. The number of aromatic amines is 1. The molecule has 0 bridgehead atoms. The van der Waals surface area contributed by atoms with Crippen molar-refractivity contribution >= 4 is 28.7 Å². The van der Waals surface area contributed by atoms with Crippen LogP contribution in [0.4, 0.5) is 10.1 Å². The number of fused-ring (bicyclic) bond motifs is 1. The molecule has 0 aliphatic heterocycles. The quantitative estimate of drug-likeness (QED) is 0.245. The lowest BCUT2D eigenvalue weighted by Gasteiger charge is -2.16. The van der Waals surface area contributed by atoms with E-state index >= 15 is 0 Å². The standard InChI is InChI=1S/C28H25FN4O5/c1-3-8-19-13-18(16-30-33-27(35)22-11-5-6-12-23(22)32-28(33)36)14-24(37-4-2)26(19)38-17-25(34)31-21-10-7-9-20(29)15-21/h3,5-7,9-16H,1,4,8,17H2,2H3,(H,31,34)(H,32,36). The first kappa shape index (κ1) is 26.1. The Kier molecular flexibility index (Phi) is 8.12. The summed E-state index contributed by atoms with van der Waals surface area (Å²) in [5, 5.41) is 7.01. The second kappa shape index (κ2) is 11.8. The highest BCUT2D eigenvalue weighted by molar-refractivity contribution is 5.92. The monoisotopic (exact) mass is 516 g/mol. The number of carbonyl (C=O) groups excluding carboxylic acids is 1. The maximum atomic E-state index is 13.4. The van der Waals surface area contributed by atoms with Crippen LogP contribution in [0.1, 0.15) is 18.1 Å². The first-order valence-electron chi connectivity index (χ1n) is 11.8. The van der Waals surface area contributed by atoms with E-state index < -0.39 is 23.0 Å². The van der Waals surface area contributed by atoms with E-state index in [0.29, 0.717) is 52.2 Å². The second-order valence-electron chi connectivity index (χ2n) is 8.12. The Morgan fingerprint density at radius 3 is 2.71 bits per heavy atom. The first-order valence-corrected chi connectivity index (χ1v) is 11.8. The molecule has 0 aliphatic rings. The van der Waals surface area contributed by atoms with Crippen molar-refractivity contribution in [3.8, 4) is 11.5 Å². The van der Waals surface area contributed by atoms with Gasteiger partial charge in [0.15, 0.2) is 18.1 Å². The van der Waals surface area contributed by atoms with Gasteiger partial charge < -0.3 is 19.8 Å². The molecule has 10 heteroatoms. The Bertz CT molecular complexity index is 1640. The van der Waals surface area contributed by atoms with Crippen LogP contribution in [-0.4, -0.2) is 35.0 Å². The van der Waals surface area contributed by atoms with Crippen LogP contribution in [0.5, 0.6) is 11.5 Å². The number of halogens is 1. The van der Waals surface area contributed by atoms with Gasteiger partial charge in [-0.05, 0) is 61.4 Å². The van der Waals surface area contributed by atoms with Gasteiger partial charge in [0, 0.05) is 11.3 Å². The fourth-order valence-corrected chi connectivity index (χ4v) is 3.78. The predicted octanol–water partition coefficient (Wildman–Crippen LogP) is 3.86. The zero-order valence-electron chi connectivity index (χ0n) is 20.6. The molecule has 0 radical (unpaired) electrons. The zero-order chi connectivity index (χ0) is 27.1. The van der Waals surface area contributed by atoms with Crippen LogP contribution in [0, 0.1) is 5.82 Å². The molecule has 0 unspecified atom stereocenters. The minimum atomic E-state index is -0.675. The molecular formula is C28H25FN4O5. The van der Waals surface area contributed by atoms with Gasteiger partial charge in [0.05, 0.1) is 23.7 Å². The number of carbonyl (C=O) groups is 1. The molecular weight excluding hydrogens is 491 g/mol. The molecule has 9 nitrogen and oxygen atoms in total. The summed E-state index contributed by atoms with van der Waals surface area (Å²) < 4.78 is 25.7. The number of nitrogens with zero attached hydrogens (tertiary/aromatic N) is 2. The van der Waals surface area contributed by atoms with Gasteiger partial charge in [-0.25, -0.2) is 9.18 Å². The summed E-state index contributed by atoms with van der Waals surface area (Å²) in [4.78, 5) is 40.3. The van der Waals surface area contributed by atoms with Crippen LogP contribution in [0.3, 0.4) is 0 Å². The van der Waals surface area contributed by atoms with Crippen molar-refractivity contribution in [2.45, 2.75) is 13.3 Å². The van der Waals surface area contributed by atoms with Crippen LogP contribution < -0.4 is 26.0 Å². The number of para-hydroxylation sites is 1. The molecule has 0 saturated carbocycles. The molecule has 1 heterocycles. The second-order valence-corrected chi connectivity index (χ2v) is 8.12. The molecule has 38 heavy (non-hydrogen) atoms. The van der Waals surface area contributed by atoms with Gasteiger partial charge in [-0.3, -0.25) is 9.59 Å². The number of anilines is 1. The average molecular weight is 517 g/mol. The van der Waals surface area contributed by atoms with E-state index in [2.05, 4.69) is 22.0 Å². The minimum Gasteiger partial charge on any atom is -0.490 e. The third-order valence-corrected chi connectivity index (χ3v) is 5.38. The summed E-state index contributed by atoms with van der Waals surface area (Å²) in [6, 6.07) is 15.5. The van der Waals surface area contributed by atoms with Gasteiger partial charge in [-0.2, -0.15) is 5.10 Å². The largest absolute Gasteiger partial charge is 0.490 e. The number of H-pyrrole nitrogens is 1. The lowest BCUT2D eigenvalue weighted by Crippen LogP contribution is -2.32. The molecule has 0 fully saturated rings. The fraction of sp³-hybridized carbons (Fsp3) is 0.143. The third-order valence-electron chi connectivity index (χ3n) is 5.38. The summed E-state index contributed by atoms with van der Waals surface area (Å²) in [6.45, 7) is 5.52. The highest BCUT2D eigenvalue weighted by atomic mass is 19.1. The molecule has 1 aromatic heterocycles. The van der Waals surface area contributed by atoms with Crippen LogP contribution >= 0.6 is 0 Å². The third kappa shape index (κ3) is 6.04. The van der Waals surface area contributed by atoms with Crippen molar-refractivity contribution in [1.82, 2.24) is 9.66 Å². The van der Waals surface area contributed by atoms with Crippen molar-refractivity contribution in [2.24, 2.45) is 5.10 Å². The van der Waals surface area contributed by atoms with Crippen molar-refractivity contribution < 1.29 is 18.7 Å². The molecule has 4 rings (SSSR count). The van der Waals surface area contributed by atoms with Gasteiger partial charge in [0.25, 0.3) is 11.5 Å². The molecule has 0 atom stereocenters. The fourth-order valence-electron chi connectivity index (χ4n) is 3.78. The number of ether oxygens (including phenoxy) is 2. The van der Waals surface area contributed by atoms with Gasteiger partial charge in [-0.1, -0.05) is 24.3 Å². The molecule has 0 saturated heterocycles. The maximum absolute atomic E-state index is 13.4. The highest BCUT2D eigenvalue weighted by Gasteiger charge is 2.15. The molecule has 2 N–H and O–H groups in total. The molecule has 3 aromatic carbocycles. The highest BCUT2D eigenvalue weighted by Crippen LogP contribution is 2.33. The first-order chi connectivity index (χ1) is 18.4. The van der Waals surface area contributed by atoms with E-state index in [9.17, 15) is 18.8 Å². The van der Waals surface area contributed by atoms with E-state index in [-0.39, 0.29) is 6.61 Å². The molecule has 0 spiro atoms. The molecule has 4 aromatic rings. The Labute approximate surface area is 216 Å². The number of rotatable bonds is 10. The van der Waals surface area contributed by atoms with Gasteiger partial charge in [0.1, 0.15) is 5.82 Å². The summed E-state index contributed by atoms with van der Waals surface area (Å²) in [7, 11) is 0. The van der Waals surface area contributed by atoms with Crippen LogP contribution in [-0.2, 0) is 11.2 Å². The van der Waals surface area contributed by atoms with Crippen LogP contribution in [0.15, 0.2) is 88.0 Å². The van der Waals surface area contributed by atoms with Gasteiger partial charge in [0.2, 0.25) is 0 Å². The van der Waals surface area contributed by atoms with Gasteiger partial charge >= 0.3 is 5.69 Å². The summed E-state index contributed by atoms with van der Waals surface area (Å²) in [5.74, 6) is -0.283.